The first-order chi connectivity index (χ1) is 18.5. The van der Waals surface area contributed by atoms with Crippen LogP contribution < -0.4 is 0 Å². The first kappa shape index (κ1) is 31.3. The van der Waals surface area contributed by atoms with E-state index < -0.39 is 54.7 Å². The topological polar surface area (TPSA) is 158 Å². The van der Waals surface area contributed by atoms with Crippen molar-refractivity contribution in [2.75, 3.05) is 12.9 Å². The molecule has 4 rings (SSSR count). The van der Waals surface area contributed by atoms with Gasteiger partial charge in [-0.3, -0.25) is 34.1 Å². The maximum Gasteiger partial charge on any atom is 0.281 e. The van der Waals surface area contributed by atoms with Crippen LogP contribution in [0.15, 0.2) is 41.3 Å². The van der Waals surface area contributed by atoms with Crippen LogP contribution in [-0.4, -0.2) is 54.5 Å². The number of benzene rings is 2. The second kappa shape index (κ2) is 12.1. The number of nitrogens with zero attached hydrogens (tertiary/aromatic N) is 2. The van der Waals surface area contributed by atoms with E-state index in [1.165, 1.54) is 5.06 Å². The van der Waals surface area contributed by atoms with Gasteiger partial charge in [0.05, 0.1) is 33.9 Å². The van der Waals surface area contributed by atoms with Crippen LogP contribution in [0.3, 0.4) is 0 Å². The van der Waals surface area contributed by atoms with Gasteiger partial charge in [-0.15, -0.1) is 0 Å². The summed E-state index contributed by atoms with van der Waals surface area (Å²) in [7, 11) is -3.70. The molecule has 214 valence electrons. The molecule has 0 aromatic heterocycles. The number of ketones is 3. The summed E-state index contributed by atoms with van der Waals surface area (Å²) in [5.74, 6) is -3.64. The first-order valence-corrected chi connectivity index (χ1v) is 14.6. The zero-order chi connectivity index (χ0) is 30.0. The zero-order valence-electron chi connectivity index (χ0n) is 21.8. The average molecular weight is 613 g/mol. The highest BCUT2D eigenvalue weighted by Gasteiger charge is 2.41. The van der Waals surface area contributed by atoms with Gasteiger partial charge in [-0.25, -0.2) is 13.5 Å². The molecule has 1 amide bonds. The van der Waals surface area contributed by atoms with Crippen LogP contribution in [0, 0.1) is 21.4 Å². The lowest BCUT2D eigenvalue weighted by Crippen LogP contribution is -2.35. The molecule has 14 heteroatoms. The molecule has 1 saturated heterocycles. The molecule has 2 fully saturated rings. The predicted octanol–water partition coefficient (Wildman–Crippen LogP) is 4.41. The fourth-order valence-electron chi connectivity index (χ4n) is 4.07. The summed E-state index contributed by atoms with van der Waals surface area (Å²) in [5, 5.41) is 13.6. The number of nitro benzene ring substituents is 1. The molecule has 2 aromatic carbocycles. The van der Waals surface area contributed by atoms with Crippen molar-refractivity contribution in [1.29, 1.82) is 0 Å². The van der Waals surface area contributed by atoms with E-state index in [1.54, 1.807) is 18.2 Å². The van der Waals surface area contributed by atoms with Gasteiger partial charge in [0.15, 0.2) is 27.2 Å². The van der Waals surface area contributed by atoms with Crippen LogP contribution in [0.25, 0.3) is 0 Å². The normalized spacial score (nSPS) is 17.4. The van der Waals surface area contributed by atoms with E-state index in [0.29, 0.717) is 29.6 Å². The Hall–Kier alpha value is -3.19. The second-order valence-electron chi connectivity index (χ2n) is 10.0. The van der Waals surface area contributed by atoms with Crippen molar-refractivity contribution in [2.45, 2.75) is 44.6 Å². The fourth-order valence-corrected chi connectivity index (χ4v) is 5.18. The van der Waals surface area contributed by atoms with E-state index >= 15 is 0 Å². The molecule has 0 radical (unpaired) electrons. The van der Waals surface area contributed by atoms with Gasteiger partial charge in [-0.2, -0.15) is 0 Å². The van der Waals surface area contributed by atoms with Crippen molar-refractivity contribution in [3.63, 3.8) is 0 Å². The van der Waals surface area contributed by atoms with Crippen molar-refractivity contribution in [3.8, 4) is 0 Å². The summed E-state index contributed by atoms with van der Waals surface area (Å²) in [6.07, 6.45) is 1.37. The maximum atomic E-state index is 12.4. The van der Waals surface area contributed by atoms with Crippen molar-refractivity contribution in [2.24, 2.45) is 11.3 Å². The molecule has 0 spiro atoms. The van der Waals surface area contributed by atoms with Crippen LogP contribution in [0.1, 0.15) is 49.0 Å². The zero-order valence-corrected chi connectivity index (χ0v) is 24.1. The monoisotopic (exact) mass is 612 g/mol. The minimum atomic E-state index is -3.70. The van der Waals surface area contributed by atoms with E-state index in [-0.39, 0.29) is 23.6 Å². The molecular formula is C26H26Cl2N2O9S. The number of carbonyl (C=O) groups excluding carboxylic acids is 4. The van der Waals surface area contributed by atoms with E-state index in [9.17, 15) is 37.7 Å². The Labute approximate surface area is 240 Å². The fraction of sp³-hybridized carbons (Fsp3) is 0.385. The van der Waals surface area contributed by atoms with Gasteiger partial charge >= 0.3 is 0 Å². The number of carbonyl (C=O) groups is 4. The predicted molar refractivity (Wildman–Crippen MR) is 145 cm³/mol. The Morgan fingerprint density at radius 2 is 1.73 bits per heavy atom. The van der Waals surface area contributed by atoms with Crippen LogP contribution in [0.4, 0.5) is 5.69 Å². The Kier molecular flexibility index (Phi) is 9.50. The summed E-state index contributed by atoms with van der Waals surface area (Å²) in [4.78, 5) is 63.3. The molecule has 1 aliphatic heterocycles. The number of Topliss-reactive ketones (excluding diaryl/α,β-unsaturated/α-hetero) is 3. The van der Waals surface area contributed by atoms with E-state index in [0.717, 1.165) is 30.0 Å². The number of halogens is 2. The van der Waals surface area contributed by atoms with Gasteiger partial charge < -0.3 is 0 Å². The molecule has 2 aromatic rings. The minimum absolute atomic E-state index is 0.0245. The largest absolute Gasteiger partial charge is 0.298 e. The lowest BCUT2D eigenvalue weighted by Gasteiger charge is -2.18. The summed E-state index contributed by atoms with van der Waals surface area (Å²) >= 11 is 11.9. The van der Waals surface area contributed by atoms with Gasteiger partial charge in [0.1, 0.15) is 5.92 Å². The Balaban J connectivity index is 0.000000230. The number of hydroxylamine groups is 2. The Morgan fingerprint density at radius 3 is 2.23 bits per heavy atom. The van der Waals surface area contributed by atoms with Crippen LogP contribution in [0.2, 0.25) is 10.0 Å². The van der Waals surface area contributed by atoms with Crippen molar-refractivity contribution in [3.05, 3.63) is 67.7 Å². The van der Waals surface area contributed by atoms with Crippen LogP contribution >= 0.6 is 23.2 Å². The molecule has 1 heterocycles. The van der Waals surface area contributed by atoms with Gasteiger partial charge in [-0.05, 0) is 50.1 Å². The lowest BCUT2D eigenvalue weighted by atomic mass is 9.81. The maximum absolute atomic E-state index is 12.4. The third-order valence-corrected chi connectivity index (χ3v) is 8.02. The highest BCUT2D eigenvalue weighted by atomic mass is 35.5. The van der Waals surface area contributed by atoms with Gasteiger partial charge in [0.2, 0.25) is 0 Å². The average Bonchev–Trinajstić information content (AvgIpc) is 3.11. The van der Waals surface area contributed by atoms with Crippen LogP contribution in [0.5, 0.6) is 0 Å². The van der Waals surface area contributed by atoms with E-state index in [1.807, 2.05) is 13.8 Å². The standard InChI is InChI=1S/C14H13NO7S.C12H13Cl2NO2/c1-23(21,22)8-5-6-9(10(7-8)15(19)20)14(18)13-11(16)3-2-4-12(13)17;1-12(2)7-17-15(11(12)16)6-8-3-4-9(13)5-10(8)14/h5-7,13H,2-4H2,1H3;3-5H,6-7H2,1-2H3. The highest BCUT2D eigenvalue weighted by molar-refractivity contribution is 7.90. The molecule has 0 N–H and O–H groups in total. The smallest absolute Gasteiger partial charge is 0.281 e. The van der Waals surface area contributed by atoms with Gasteiger partial charge in [0.25, 0.3) is 11.6 Å². The molecular weight excluding hydrogens is 587 g/mol. The second-order valence-corrected chi connectivity index (χ2v) is 12.9. The molecule has 2 aliphatic rings. The molecule has 40 heavy (non-hydrogen) atoms. The molecule has 0 unspecified atom stereocenters. The number of rotatable bonds is 6. The third-order valence-electron chi connectivity index (χ3n) is 6.33. The lowest BCUT2D eigenvalue weighted by molar-refractivity contribution is -0.385. The quantitative estimate of drug-likeness (QED) is 0.199. The number of amides is 1. The highest BCUT2D eigenvalue weighted by Crippen LogP contribution is 2.31. The molecule has 0 bridgehead atoms. The van der Waals surface area contributed by atoms with Crippen molar-refractivity contribution >= 4 is 62.0 Å². The summed E-state index contributed by atoms with van der Waals surface area (Å²) in [5.41, 5.74) is -0.805. The van der Waals surface area contributed by atoms with Crippen LogP contribution in [-0.2, 0) is 35.6 Å². The molecule has 1 saturated carbocycles. The van der Waals surface area contributed by atoms with Crippen molar-refractivity contribution in [1.82, 2.24) is 5.06 Å². The molecule has 0 atom stereocenters. The first-order valence-electron chi connectivity index (χ1n) is 12.0. The summed E-state index contributed by atoms with van der Waals surface area (Å²) in [6, 6.07) is 7.99. The number of hydrogen-bond donors (Lipinski definition) is 0. The minimum Gasteiger partial charge on any atom is -0.298 e. The number of nitro groups is 1. The summed E-state index contributed by atoms with van der Waals surface area (Å²) in [6.45, 7) is 4.47. The summed E-state index contributed by atoms with van der Waals surface area (Å²) < 4.78 is 23.0. The molecule has 1 aliphatic carbocycles. The number of hydrogen-bond acceptors (Lipinski definition) is 9. The van der Waals surface area contributed by atoms with E-state index in [2.05, 4.69) is 0 Å². The Bertz CT molecular complexity index is 1490. The third kappa shape index (κ3) is 7.11. The molecule has 11 nitrogen and oxygen atoms in total. The van der Waals surface area contributed by atoms with Crippen molar-refractivity contribution < 1.29 is 37.4 Å². The number of sulfone groups is 1. The van der Waals surface area contributed by atoms with Gasteiger partial charge in [-0.1, -0.05) is 29.3 Å². The van der Waals surface area contributed by atoms with E-state index in [4.69, 9.17) is 28.0 Å². The Morgan fingerprint density at radius 1 is 1.10 bits per heavy atom. The van der Waals surface area contributed by atoms with Gasteiger partial charge in [0, 0.05) is 35.2 Å². The SMILES string of the molecule is CC1(C)CON(Cc2ccc(Cl)cc2Cl)C1=O.CS(=O)(=O)c1ccc(C(=O)C2C(=O)CCCC2=O)c([N+](=O)[O-])c1.